The molecule has 2 amide bonds. The van der Waals surface area contributed by atoms with Crippen molar-refractivity contribution in [2.75, 3.05) is 0 Å². The van der Waals surface area contributed by atoms with E-state index in [1.165, 1.54) is 18.3 Å². The van der Waals surface area contributed by atoms with Crippen LogP contribution in [-0.4, -0.2) is 35.0 Å². The van der Waals surface area contributed by atoms with Gasteiger partial charge in [-0.05, 0) is 31.2 Å². The van der Waals surface area contributed by atoms with Crippen molar-refractivity contribution in [2.24, 2.45) is 11.8 Å². The molecule has 0 saturated heterocycles. The number of carboxylic acid groups (broad SMARTS) is 1. The Morgan fingerprint density at radius 2 is 1.77 bits per heavy atom. The van der Waals surface area contributed by atoms with E-state index in [2.05, 4.69) is 10.6 Å². The van der Waals surface area contributed by atoms with Crippen molar-refractivity contribution in [1.82, 2.24) is 10.6 Å². The molecule has 1 heterocycles. The summed E-state index contributed by atoms with van der Waals surface area (Å²) < 4.78 is 0. The third-order valence-corrected chi connectivity index (χ3v) is 4.36. The number of carbonyl (C=O) groups is 3. The average Bonchev–Trinajstić information content (AvgIpc) is 2.96. The van der Waals surface area contributed by atoms with Crippen molar-refractivity contribution in [3.05, 3.63) is 22.4 Å². The van der Waals surface area contributed by atoms with Gasteiger partial charge in [0.1, 0.15) is 6.04 Å². The summed E-state index contributed by atoms with van der Waals surface area (Å²) >= 11 is 1.30. The third-order valence-electron chi connectivity index (χ3n) is 3.49. The van der Waals surface area contributed by atoms with Gasteiger partial charge in [-0.15, -0.1) is 11.3 Å². The summed E-state index contributed by atoms with van der Waals surface area (Å²) in [5, 5.41) is 16.1. The maximum atomic E-state index is 12.3. The highest BCUT2D eigenvalue weighted by molar-refractivity contribution is 7.12. The first-order valence-electron chi connectivity index (χ1n) is 7.11. The summed E-state index contributed by atoms with van der Waals surface area (Å²) in [5.41, 5.74) is 0. The molecule has 0 aliphatic rings. The topological polar surface area (TPSA) is 95.5 Å². The lowest BCUT2D eigenvalue weighted by molar-refractivity contribution is -0.142. The summed E-state index contributed by atoms with van der Waals surface area (Å²) in [6, 6.07) is 2.22. The minimum Gasteiger partial charge on any atom is -0.481 e. The number of carbonyl (C=O) groups excluding carboxylic acids is 2. The molecule has 6 nitrogen and oxygen atoms in total. The molecule has 0 saturated carbocycles. The predicted octanol–water partition coefficient (Wildman–Crippen LogP) is 1.73. The summed E-state index contributed by atoms with van der Waals surface area (Å²) in [5.74, 6) is -2.47. The number of carboxylic acids is 1. The molecule has 0 spiro atoms. The molecule has 0 aromatic carbocycles. The van der Waals surface area contributed by atoms with Gasteiger partial charge in [-0.1, -0.05) is 19.9 Å². The van der Waals surface area contributed by atoms with Gasteiger partial charge in [0.2, 0.25) is 5.91 Å². The van der Waals surface area contributed by atoms with Crippen molar-refractivity contribution >= 4 is 29.1 Å². The van der Waals surface area contributed by atoms with Crippen molar-refractivity contribution in [3.8, 4) is 0 Å². The minimum absolute atomic E-state index is 0.115. The zero-order valence-corrected chi connectivity index (χ0v) is 13.9. The van der Waals surface area contributed by atoms with Crippen LogP contribution in [0.1, 0.15) is 37.4 Å². The number of thiophene rings is 1. The van der Waals surface area contributed by atoms with E-state index in [1.807, 2.05) is 13.8 Å². The van der Waals surface area contributed by atoms with Gasteiger partial charge in [0.25, 0.3) is 5.91 Å². The Bertz CT molecular complexity index is 528. The van der Waals surface area contributed by atoms with Crippen LogP contribution in [0.5, 0.6) is 0 Å². The van der Waals surface area contributed by atoms with Gasteiger partial charge in [-0.3, -0.25) is 14.4 Å². The SMILES string of the molecule is CC(C)C(NC(=O)c1cccs1)C(=O)NC(C)C(C)C(=O)O. The van der Waals surface area contributed by atoms with Gasteiger partial charge >= 0.3 is 5.97 Å². The molecule has 0 aliphatic heterocycles. The Morgan fingerprint density at radius 3 is 2.23 bits per heavy atom. The molecule has 7 heteroatoms. The van der Waals surface area contributed by atoms with Crippen LogP contribution >= 0.6 is 11.3 Å². The first-order valence-corrected chi connectivity index (χ1v) is 7.99. The normalized spacial score (nSPS) is 15.0. The molecule has 3 N–H and O–H groups in total. The second-order valence-electron chi connectivity index (χ2n) is 5.60. The standard InChI is InChI=1S/C15H22N2O4S/c1-8(2)12(17-13(18)11-6-5-7-22-11)14(19)16-10(4)9(3)15(20)21/h5-10,12H,1-4H3,(H,16,19)(H,17,18)(H,20,21). The fourth-order valence-corrected chi connectivity index (χ4v) is 2.43. The number of amides is 2. The zero-order chi connectivity index (χ0) is 16.9. The van der Waals surface area contributed by atoms with Gasteiger partial charge in [0.05, 0.1) is 10.8 Å². The van der Waals surface area contributed by atoms with E-state index in [4.69, 9.17) is 5.11 Å². The minimum atomic E-state index is -0.975. The summed E-state index contributed by atoms with van der Waals surface area (Å²) in [6.45, 7) is 6.81. The van der Waals surface area contributed by atoms with Crippen LogP contribution in [0, 0.1) is 11.8 Å². The fourth-order valence-electron chi connectivity index (χ4n) is 1.81. The Kier molecular flexibility index (Phi) is 6.55. The largest absolute Gasteiger partial charge is 0.481 e. The first-order chi connectivity index (χ1) is 10.2. The van der Waals surface area contributed by atoms with Crippen LogP contribution in [0.4, 0.5) is 0 Å². The smallest absolute Gasteiger partial charge is 0.308 e. The highest BCUT2D eigenvalue weighted by Crippen LogP contribution is 2.11. The van der Waals surface area contributed by atoms with E-state index in [0.717, 1.165) is 0 Å². The Hall–Kier alpha value is -1.89. The van der Waals surface area contributed by atoms with Gasteiger partial charge < -0.3 is 15.7 Å². The van der Waals surface area contributed by atoms with Crippen LogP contribution in [0.25, 0.3) is 0 Å². The number of rotatable bonds is 7. The lowest BCUT2D eigenvalue weighted by Crippen LogP contribution is -2.53. The molecule has 1 aromatic rings. The van der Waals surface area contributed by atoms with Crippen molar-refractivity contribution < 1.29 is 19.5 Å². The van der Waals surface area contributed by atoms with Gasteiger partial charge in [-0.25, -0.2) is 0 Å². The molecular weight excluding hydrogens is 304 g/mol. The zero-order valence-electron chi connectivity index (χ0n) is 13.1. The number of nitrogens with one attached hydrogen (secondary N) is 2. The van der Waals surface area contributed by atoms with Crippen LogP contribution in [0.3, 0.4) is 0 Å². The third kappa shape index (κ3) is 4.84. The second-order valence-corrected chi connectivity index (χ2v) is 6.54. The van der Waals surface area contributed by atoms with E-state index in [-0.39, 0.29) is 17.7 Å². The van der Waals surface area contributed by atoms with E-state index in [1.54, 1.807) is 24.4 Å². The molecule has 122 valence electrons. The number of hydrogen-bond acceptors (Lipinski definition) is 4. The Labute approximate surface area is 133 Å². The maximum absolute atomic E-state index is 12.3. The lowest BCUT2D eigenvalue weighted by Gasteiger charge is -2.25. The van der Waals surface area contributed by atoms with E-state index >= 15 is 0 Å². The molecule has 22 heavy (non-hydrogen) atoms. The van der Waals surface area contributed by atoms with Gasteiger partial charge in [-0.2, -0.15) is 0 Å². The quantitative estimate of drug-likeness (QED) is 0.711. The molecular formula is C15H22N2O4S. The van der Waals surface area contributed by atoms with Crippen LogP contribution in [-0.2, 0) is 9.59 Å². The molecule has 1 rings (SSSR count). The summed E-state index contributed by atoms with van der Waals surface area (Å²) in [6.07, 6.45) is 0. The number of aliphatic carboxylic acids is 1. The van der Waals surface area contributed by atoms with E-state index < -0.39 is 24.0 Å². The van der Waals surface area contributed by atoms with Gasteiger partial charge in [0.15, 0.2) is 0 Å². The van der Waals surface area contributed by atoms with Gasteiger partial charge in [0, 0.05) is 6.04 Å². The highest BCUT2D eigenvalue weighted by Gasteiger charge is 2.28. The number of hydrogen-bond donors (Lipinski definition) is 3. The summed E-state index contributed by atoms with van der Waals surface area (Å²) in [7, 11) is 0. The Balaban J connectivity index is 2.72. The molecule has 0 radical (unpaired) electrons. The Morgan fingerprint density at radius 1 is 1.14 bits per heavy atom. The van der Waals surface area contributed by atoms with Crippen molar-refractivity contribution in [3.63, 3.8) is 0 Å². The highest BCUT2D eigenvalue weighted by atomic mass is 32.1. The first kappa shape index (κ1) is 18.2. The molecule has 0 fully saturated rings. The fraction of sp³-hybridized carbons (Fsp3) is 0.533. The molecule has 1 aromatic heterocycles. The van der Waals surface area contributed by atoms with Crippen molar-refractivity contribution in [1.29, 1.82) is 0 Å². The molecule has 0 aliphatic carbocycles. The lowest BCUT2D eigenvalue weighted by atomic mass is 10.00. The molecule has 3 atom stereocenters. The second kappa shape index (κ2) is 7.93. The van der Waals surface area contributed by atoms with E-state index in [9.17, 15) is 14.4 Å². The molecule has 3 unspecified atom stereocenters. The van der Waals surface area contributed by atoms with E-state index in [0.29, 0.717) is 4.88 Å². The molecule has 0 bridgehead atoms. The monoisotopic (exact) mass is 326 g/mol. The van der Waals surface area contributed by atoms with Crippen molar-refractivity contribution in [2.45, 2.75) is 39.8 Å². The van der Waals surface area contributed by atoms with Crippen LogP contribution < -0.4 is 10.6 Å². The summed E-state index contributed by atoms with van der Waals surface area (Å²) in [4.78, 5) is 35.9. The van der Waals surface area contributed by atoms with Crippen LogP contribution in [0.15, 0.2) is 17.5 Å². The predicted molar refractivity (Wildman–Crippen MR) is 84.8 cm³/mol. The maximum Gasteiger partial charge on any atom is 0.308 e. The average molecular weight is 326 g/mol. The van der Waals surface area contributed by atoms with Crippen LogP contribution in [0.2, 0.25) is 0 Å².